The van der Waals surface area contributed by atoms with Crippen LogP contribution in [0.3, 0.4) is 0 Å². The van der Waals surface area contributed by atoms with Gasteiger partial charge in [-0.25, -0.2) is 0 Å². The number of aliphatic hydroxyl groups is 1. The molecule has 1 aromatic rings. The molecule has 0 bridgehead atoms. The van der Waals surface area contributed by atoms with Crippen LogP contribution in [-0.4, -0.2) is 29.8 Å². The Morgan fingerprint density at radius 3 is 2.59 bits per heavy atom. The Morgan fingerprint density at radius 1 is 1.27 bits per heavy atom. The second-order valence-electron chi connectivity index (χ2n) is 5.83. The van der Waals surface area contributed by atoms with Gasteiger partial charge in [-0.1, -0.05) is 31.4 Å². The first-order chi connectivity index (χ1) is 10.6. The molecule has 22 heavy (non-hydrogen) atoms. The van der Waals surface area contributed by atoms with Gasteiger partial charge < -0.3 is 15.2 Å². The summed E-state index contributed by atoms with van der Waals surface area (Å²) in [5.41, 5.74) is 0.139. The van der Waals surface area contributed by atoms with E-state index < -0.39 is 5.60 Å². The lowest BCUT2D eigenvalue weighted by Crippen LogP contribution is -2.44. The van der Waals surface area contributed by atoms with Crippen molar-refractivity contribution in [3.8, 4) is 11.8 Å². The predicted molar refractivity (Wildman–Crippen MR) is 82.3 cm³/mol. The van der Waals surface area contributed by atoms with Crippen molar-refractivity contribution in [1.82, 2.24) is 5.32 Å². The van der Waals surface area contributed by atoms with Crippen LogP contribution in [-0.2, 0) is 11.2 Å². The van der Waals surface area contributed by atoms with E-state index in [0.29, 0.717) is 12.3 Å². The Morgan fingerprint density at radius 2 is 1.95 bits per heavy atom. The van der Waals surface area contributed by atoms with Crippen LogP contribution in [0, 0.1) is 11.3 Å². The molecule has 1 saturated carbocycles. The Balaban J connectivity index is 1.78. The summed E-state index contributed by atoms with van der Waals surface area (Å²) in [5.74, 6) is 0.520. The van der Waals surface area contributed by atoms with E-state index in [-0.39, 0.29) is 18.9 Å². The third-order valence-corrected chi connectivity index (χ3v) is 3.99. The quantitative estimate of drug-likeness (QED) is 0.841. The molecule has 1 fully saturated rings. The Labute approximate surface area is 130 Å². The fourth-order valence-corrected chi connectivity index (χ4v) is 2.72. The van der Waals surface area contributed by atoms with Crippen molar-refractivity contribution in [1.29, 1.82) is 5.26 Å². The molecule has 1 amide bonds. The maximum atomic E-state index is 12.0. The Kier molecular flexibility index (Phi) is 5.79. The summed E-state index contributed by atoms with van der Waals surface area (Å²) in [4.78, 5) is 12.0. The van der Waals surface area contributed by atoms with Gasteiger partial charge in [-0.3, -0.25) is 4.79 Å². The summed E-state index contributed by atoms with van der Waals surface area (Å²) >= 11 is 0. The molecule has 0 radical (unpaired) electrons. The van der Waals surface area contributed by atoms with E-state index in [9.17, 15) is 9.90 Å². The van der Waals surface area contributed by atoms with E-state index in [1.165, 1.54) is 0 Å². The number of hydrogen-bond acceptors (Lipinski definition) is 4. The highest BCUT2D eigenvalue weighted by molar-refractivity contribution is 5.78. The summed E-state index contributed by atoms with van der Waals surface area (Å²) in [5, 5.41) is 21.6. The van der Waals surface area contributed by atoms with Gasteiger partial charge in [0.1, 0.15) is 11.8 Å². The summed E-state index contributed by atoms with van der Waals surface area (Å²) in [7, 11) is 0. The summed E-state index contributed by atoms with van der Waals surface area (Å²) in [6.07, 6.45) is 5.01. The number of nitriles is 1. The molecule has 0 saturated heterocycles. The van der Waals surface area contributed by atoms with Crippen LogP contribution in [0.4, 0.5) is 0 Å². The fraction of sp³-hybridized carbons (Fsp3) is 0.529. The minimum atomic E-state index is -0.733. The van der Waals surface area contributed by atoms with Crippen molar-refractivity contribution in [3.63, 3.8) is 0 Å². The predicted octanol–water partition coefficient (Wildman–Crippen LogP) is 1.94. The van der Waals surface area contributed by atoms with Gasteiger partial charge in [0.15, 0.2) is 6.61 Å². The van der Waals surface area contributed by atoms with Gasteiger partial charge in [0.05, 0.1) is 12.0 Å². The molecule has 0 aromatic heterocycles. The van der Waals surface area contributed by atoms with Gasteiger partial charge in [-0.2, -0.15) is 5.26 Å². The SMILES string of the molecule is N#CCOc1ccc(CC(=O)NCC2(O)CCCCC2)cc1. The van der Waals surface area contributed by atoms with Crippen molar-refractivity contribution in [3.05, 3.63) is 29.8 Å². The number of carbonyl (C=O) groups is 1. The second-order valence-corrected chi connectivity index (χ2v) is 5.83. The highest BCUT2D eigenvalue weighted by Gasteiger charge is 2.29. The molecule has 2 N–H and O–H groups in total. The molecule has 0 atom stereocenters. The molecule has 0 heterocycles. The molecular weight excluding hydrogens is 280 g/mol. The average molecular weight is 302 g/mol. The van der Waals surface area contributed by atoms with Crippen LogP contribution in [0.15, 0.2) is 24.3 Å². The number of hydrogen-bond donors (Lipinski definition) is 2. The molecule has 118 valence electrons. The maximum Gasteiger partial charge on any atom is 0.224 e. The first kappa shape index (κ1) is 16.3. The summed E-state index contributed by atoms with van der Waals surface area (Å²) in [6.45, 7) is 0.341. The van der Waals surface area contributed by atoms with Crippen molar-refractivity contribution < 1.29 is 14.6 Å². The third-order valence-electron chi connectivity index (χ3n) is 3.99. The molecule has 0 aliphatic heterocycles. The number of carbonyl (C=O) groups excluding carboxylic acids is 1. The molecule has 1 aliphatic rings. The minimum absolute atomic E-state index is 0.0123. The van der Waals surface area contributed by atoms with Gasteiger partial charge in [0.2, 0.25) is 5.91 Å². The van der Waals surface area contributed by atoms with E-state index in [4.69, 9.17) is 10.00 Å². The molecule has 5 nitrogen and oxygen atoms in total. The van der Waals surface area contributed by atoms with Crippen LogP contribution < -0.4 is 10.1 Å². The van der Waals surface area contributed by atoms with Gasteiger partial charge >= 0.3 is 0 Å². The number of rotatable bonds is 6. The van der Waals surface area contributed by atoms with Crippen molar-refractivity contribution >= 4 is 5.91 Å². The van der Waals surface area contributed by atoms with Crippen LogP contribution in [0.25, 0.3) is 0 Å². The number of amides is 1. The van der Waals surface area contributed by atoms with E-state index in [1.54, 1.807) is 12.1 Å². The maximum absolute atomic E-state index is 12.0. The van der Waals surface area contributed by atoms with Crippen LogP contribution in [0.1, 0.15) is 37.7 Å². The molecule has 2 rings (SSSR count). The number of ether oxygens (including phenoxy) is 1. The molecule has 0 spiro atoms. The van der Waals surface area contributed by atoms with E-state index >= 15 is 0 Å². The van der Waals surface area contributed by atoms with Crippen LogP contribution >= 0.6 is 0 Å². The highest BCUT2D eigenvalue weighted by atomic mass is 16.5. The Hall–Kier alpha value is -2.06. The minimum Gasteiger partial charge on any atom is -0.479 e. The number of nitrogens with one attached hydrogen (secondary N) is 1. The lowest BCUT2D eigenvalue weighted by atomic mass is 9.85. The fourth-order valence-electron chi connectivity index (χ4n) is 2.72. The summed E-state index contributed by atoms with van der Waals surface area (Å²) < 4.78 is 5.16. The molecule has 5 heteroatoms. The number of benzene rings is 1. The zero-order chi connectivity index (χ0) is 15.8. The van der Waals surface area contributed by atoms with Gasteiger partial charge in [-0.05, 0) is 30.5 Å². The zero-order valence-corrected chi connectivity index (χ0v) is 12.7. The largest absolute Gasteiger partial charge is 0.479 e. The van der Waals surface area contributed by atoms with E-state index in [0.717, 1.165) is 37.7 Å². The average Bonchev–Trinajstić information content (AvgIpc) is 2.53. The smallest absolute Gasteiger partial charge is 0.224 e. The van der Waals surface area contributed by atoms with Gasteiger partial charge in [0, 0.05) is 6.54 Å². The van der Waals surface area contributed by atoms with Crippen molar-refractivity contribution in [2.45, 2.75) is 44.1 Å². The van der Waals surface area contributed by atoms with Gasteiger partial charge in [-0.15, -0.1) is 0 Å². The summed E-state index contributed by atoms with van der Waals surface area (Å²) in [6, 6.07) is 9.01. The first-order valence-electron chi connectivity index (χ1n) is 7.69. The number of nitrogens with zero attached hydrogens (tertiary/aromatic N) is 1. The van der Waals surface area contributed by atoms with Crippen molar-refractivity contribution in [2.24, 2.45) is 0 Å². The van der Waals surface area contributed by atoms with Crippen molar-refractivity contribution in [2.75, 3.05) is 13.2 Å². The normalized spacial score (nSPS) is 16.5. The lowest BCUT2D eigenvalue weighted by molar-refractivity contribution is -0.122. The van der Waals surface area contributed by atoms with Crippen LogP contribution in [0.5, 0.6) is 5.75 Å². The van der Waals surface area contributed by atoms with E-state index in [2.05, 4.69) is 5.32 Å². The monoisotopic (exact) mass is 302 g/mol. The molecule has 1 aliphatic carbocycles. The topological polar surface area (TPSA) is 82.3 Å². The first-order valence-corrected chi connectivity index (χ1v) is 7.69. The van der Waals surface area contributed by atoms with E-state index in [1.807, 2.05) is 18.2 Å². The third kappa shape index (κ3) is 5.05. The standard InChI is InChI=1S/C17H22N2O3/c18-10-11-22-15-6-4-14(5-7-15)12-16(20)19-13-17(21)8-2-1-3-9-17/h4-7,21H,1-3,8-9,11-13H2,(H,19,20). The molecular formula is C17H22N2O3. The highest BCUT2D eigenvalue weighted by Crippen LogP contribution is 2.27. The zero-order valence-electron chi connectivity index (χ0n) is 12.7. The second kappa shape index (κ2) is 7.81. The molecule has 1 aromatic carbocycles. The lowest BCUT2D eigenvalue weighted by Gasteiger charge is -2.32. The molecule has 0 unspecified atom stereocenters. The van der Waals surface area contributed by atoms with Gasteiger partial charge in [0.25, 0.3) is 0 Å². The van der Waals surface area contributed by atoms with Crippen LogP contribution in [0.2, 0.25) is 0 Å². The Bertz CT molecular complexity index is 528.